The Kier molecular flexibility index (Phi) is 5.33. The van der Waals surface area contributed by atoms with Crippen molar-refractivity contribution in [2.45, 2.75) is 32.7 Å². The van der Waals surface area contributed by atoms with Crippen LogP contribution in [0.5, 0.6) is 5.75 Å². The molecule has 2 aromatic carbocycles. The molecule has 1 aliphatic heterocycles. The maximum Gasteiger partial charge on any atom is 0.416 e. The highest BCUT2D eigenvalue weighted by atomic mass is 19.4. The first-order valence-corrected chi connectivity index (χ1v) is 8.50. The molecule has 0 aliphatic carbocycles. The van der Waals surface area contributed by atoms with Crippen LogP contribution >= 0.6 is 0 Å². The van der Waals surface area contributed by atoms with Gasteiger partial charge in [0.1, 0.15) is 12.4 Å². The lowest BCUT2D eigenvalue weighted by molar-refractivity contribution is -0.137. The molecule has 5 heteroatoms. The minimum atomic E-state index is -4.33. The van der Waals surface area contributed by atoms with Gasteiger partial charge in [-0.25, -0.2) is 0 Å². The lowest BCUT2D eigenvalue weighted by Crippen LogP contribution is -2.19. The number of rotatable bonds is 5. The fourth-order valence-electron chi connectivity index (χ4n) is 3.12. The molecule has 0 amide bonds. The summed E-state index contributed by atoms with van der Waals surface area (Å²) in [6.45, 7) is 5.58. The molecule has 3 rings (SSSR count). The first-order chi connectivity index (χ1) is 11.9. The number of hydrogen-bond acceptors (Lipinski definition) is 2. The Balaban J connectivity index is 1.55. The van der Waals surface area contributed by atoms with E-state index in [0.29, 0.717) is 11.3 Å². The third-order valence-electron chi connectivity index (χ3n) is 4.50. The average Bonchev–Trinajstić information content (AvgIpc) is 2.99. The lowest BCUT2D eigenvalue weighted by atomic mass is 10.1. The number of benzene rings is 2. The summed E-state index contributed by atoms with van der Waals surface area (Å²) < 4.78 is 43.8. The molecule has 0 spiro atoms. The van der Waals surface area contributed by atoms with E-state index in [1.165, 1.54) is 18.1 Å². The second-order valence-corrected chi connectivity index (χ2v) is 6.76. The Labute approximate surface area is 146 Å². The highest BCUT2D eigenvalue weighted by Crippen LogP contribution is 2.29. The van der Waals surface area contributed by atoms with Crippen molar-refractivity contribution in [3.8, 4) is 5.75 Å². The topological polar surface area (TPSA) is 12.5 Å². The zero-order chi connectivity index (χ0) is 17.9. The van der Waals surface area contributed by atoms with Gasteiger partial charge in [0, 0.05) is 13.1 Å². The van der Waals surface area contributed by atoms with E-state index in [1.807, 2.05) is 24.3 Å². The fraction of sp³-hybridized carbons (Fsp3) is 0.400. The molecule has 25 heavy (non-hydrogen) atoms. The maximum absolute atomic E-state index is 12.7. The van der Waals surface area contributed by atoms with Crippen molar-refractivity contribution in [1.82, 2.24) is 4.90 Å². The molecule has 0 N–H and O–H groups in total. The predicted octanol–water partition coefficient (Wildman–Crippen LogP) is 5.13. The minimum absolute atomic E-state index is 0.118. The molecule has 0 saturated carbocycles. The SMILES string of the molecule is CC1CCN(Cc2ccc(OCc3cccc(C(F)(F)F)c3)cc2)C1. The van der Waals surface area contributed by atoms with Crippen LogP contribution in [0.1, 0.15) is 30.0 Å². The fourth-order valence-corrected chi connectivity index (χ4v) is 3.12. The Bertz CT molecular complexity index is 697. The second-order valence-electron chi connectivity index (χ2n) is 6.76. The van der Waals surface area contributed by atoms with Gasteiger partial charge in [-0.05, 0) is 54.3 Å². The number of ether oxygens (including phenoxy) is 1. The van der Waals surface area contributed by atoms with Gasteiger partial charge in [0.05, 0.1) is 5.56 Å². The molecule has 134 valence electrons. The third kappa shape index (κ3) is 4.98. The van der Waals surface area contributed by atoms with E-state index in [1.54, 1.807) is 6.07 Å². The van der Waals surface area contributed by atoms with Crippen molar-refractivity contribution in [2.24, 2.45) is 5.92 Å². The van der Waals surface area contributed by atoms with E-state index in [2.05, 4.69) is 11.8 Å². The number of nitrogens with zero attached hydrogens (tertiary/aromatic N) is 1. The van der Waals surface area contributed by atoms with Gasteiger partial charge in [-0.1, -0.05) is 31.2 Å². The van der Waals surface area contributed by atoms with Crippen LogP contribution in [0.3, 0.4) is 0 Å². The molecule has 1 heterocycles. The maximum atomic E-state index is 12.7. The minimum Gasteiger partial charge on any atom is -0.489 e. The molecular weight excluding hydrogens is 327 g/mol. The van der Waals surface area contributed by atoms with E-state index >= 15 is 0 Å². The predicted molar refractivity (Wildman–Crippen MR) is 91.3 cm³/mol. The molecular formula is C20H22F3NO. The average molecular weight is 349 g/mol. The van der Waals surface area contributed by atoms with Crippen LogP contribution in [0.4, 0.5) is 13.2 Å². The second kappa shape index (κ2) is 7.48. The normalized spacial score (nSPS) is 18.5. The Hall–Kier alpha value is -2.01. The van der Waals surface area contributed by atoms with Crippen LogP contribution in [-0.4, -0.2) is 18.0 Å². The van der Waals surface area contributed by atoms with Crippen molar-refractivity contribution in [1.29, 1.82) is 0 Å². The van der Waals surface area contributed by atoms with Crippen LogP contribution in [0.25, 0.3) is 0 Å². The van der Waals surface area contributed by atoms with E-state index < -0.39 is 11.7 Å². The van der Waals surface area contributed by atoms with Crippen LogP contribution in [-0.2, 0) is 19.3 Å². The summed E-state index contributed by atoms with van der Waals surface area (Å²) in [6.07, 6.45) is -3.08. The van der Waals surface area contributed by atoms with Crippen molar-refractivity contribution in [2.75, 3.05) is 13.1 Å². The van der Waals surface area contributed by atoms with Crippen LogP contribution in [0, 0.1) is 5.92 Å². The van der Waals surface area contributed by atoms with E-state index in [9.17, 15) is 13.2 Å². The molecule has 1 unspecified atom stereocenters. The molecule has 1 aliphatic rings. The smallest absolute Gasteiger partial charge is 0.416 e. The van der Waals surface area contributed by atoms with Gasteiger partial charge in [-0.3, -0.25) is 4.90 Å². The third-order valence-corrected chi connectivity index (χ3v) is 4.50. The summed E-state index contributed by atoms with van der Waals surface area (Å²) in [5, 5.41) is 0. The van der Waals surface area contributed by atoms with Gasteiger partial charge in [-0.15, -0.1) is 0 Å². The Morgan fingerprint density at radius 1 is 1.08 bits per heavy atom. The summed E-state index contributed by atoms with van der Waals surface area (Å²) in [5.74, 6) is 1.42. The number of hydrogen-bond donors (Lipinski definition) is 0. The van der Waals surface area contributed by atoms with Gasteiger partial charge < -0.3 is 4.74 Å². The summed E-state index contributed by atoms with van der Waals surface area (Å²) in [6, 6.07) is 13.0. The zero-order valence-corrected chi connectivity index (χ0v) is 14.2. The lowest BCUT2D eigenvalue weighted by Gasteiger charge is -2.15. The number of likely N-dealkylation sites (tertiary alicyclic amines) is 1. The zero-order valence-electron chi connectivity index (χ0n) is 14.2. The quantitative estimate of drug-likeness (QED) is 0.742. The molecule has 2 nitrogen and oxygen atoms in total. The highest BCUT2D eigenvalue weighted by Gasteiger charge is 2.30. The largest absolute Gasteiger partial charge is 0.489 e. The highest BCUT2D eigenvalue weighted by molar-refractivity contribution is 5.29. The number of halogens is 3. The van der Waals surface area contributed by atoms with E-state index in [0.717, 1.165) is 37.7 Å². The summed E-state index contributed by atoms with van der Waals surface area (Å²) in [5.41, 5.74) is 1.08. The van der Waals surface area contributed by atoms with E-state index in [4.69, 9.17) is 4.74 Å². The standard InChI is InChI=1S/C20H22F3NO/c1-15-9-10-24(12-15)13-16-5-7-19(8-6-16)25-14-17-3-2-4-18(11-17)20(21,22)23/h2-8,11,15H,9-10,12-14H2,1H3. The molecule has 2 aromatic rings. The van der Waals surface area contributed by atoms with Crippen LogP contribution in [0.15, 0.2) is 48.5 Å². The first-order valence-electron chi connectivity index (χ1n) is 8.50. The van der Waals surface area contributed by atoms with Crippen LogP contribution < -0.4 is 4.74 Å². The molecule has 0 radical (unpaired) electrons. The van der Waals surface area contributed by atoms with Gasteiger partial charge in [-0.2, -0.15) is 13.2 Å². The number of alkyl halides is 3. The van der Waals surface area contributed by atoms with Gasteiger partial charge in [0.25, 0.3) is 0 Å². The van der Waals surface area contributed by atoms with Crippen molar-refractivity contribution in [3.63, 3.8) is 0 Å². The van der Waals surface area contributed by atoms with Crippen molar-refractivity contribution < 1.29 is 17.9 Å². The van der Waals surface area contributed by atoms with E-state index in [-0.39, 0.29) is 6.61 Å². The summed E-state index contributed by atoms with van der Waals surface area (Å²) >= 11 is 0. The van der Waals surface area contributed by atoms with Crippen LogP contribution in [0.2, 0.25) is 0 Å². The molecule has 0 aromatic heterocycles. The molecule has 1 saturated heterocycles. The first kappa shape index (κ1) is 17.8. The molecule has 0 bridgehead atoms. The monoisotopic (exact) mass is 349 g/mol. The van der Waals surface area contributed by atoms with Gasteiger partial charge in [0.15, 0.2) is 0 Å². The van der Waals surface area contributed by atoms with Gasteiger partial charge >= 0.3 is 6.18 Å². The van der Waals surface area contributed by atoms with Crippen molar-refractivity contribution in [3.05, 3.63) is 65.2 Å². The Morgan fingerprint density at radius 2 is 1.84 bits per heavy atom. The van der Waals surface area contributed by atoms with Crippen molar-refractivity contribution >= 4 is 0 Å². The summed E-state index contributed by atoms with van der Waals surface area (Å²) in [7, 11) is 0. The molecule has 1 atom stereocenters. The summed E-state index contributed by atoms with van der Waals surface area (Å²) in [4.78, 5) is 2.43. The van der Waals surface area contributed by atoms with Gasteiger partial charge in [0.2, 0.25) is 0 Å². The Morgan fingerprint density at radius 3 is 2.48 bits per heavy atom. The molecule has 1 fully saturated rings.